The van der Waals surface area contributed by atoms with Gasteiger partial charge in [-0.3, -0.25) is 14.5 Å². The molecule has 6 nitrogen and oxygen atoms in total. The summed E-state index contributed by atoms with van der Waals surface area (Å²) < 4.78 is 5.15. The Balaban J connectivity index is 1.49. The Morgan fingerprint density at radius 1 is 1.09 bits per heavy atom. The van der Waals surface area contributed by atoms with E-state index in [2.05, 4.69) is 17.0 Å². The van der Waals surface area contributed by atoms with Gasteiger partial charge in [0.15, 0.2) is 0 Å². The summed E-state index contributed by atoms with van der Waals surface area (Å²) >= 11 is 6.51. The van der Waals surface area contributed by atoms with Crippen molar-refractivity contribution in [2.24, 2.45) is 11.0 Å². The molecule has 174 valence electrons. The monoisotopic (exact) mass is 467 g/mol. The highest BCUT2D eigenvalue weighted by atomic mass is 35.5. The third-order valence-corrected chi connectivity index (χ3v) is 6.73. The number of hydrazone groups is 1. The number of piperidine rings is 1. The van der Waals surface area contributed by atoms with Crippen molar-refractivity contribution in [3.8, 4) is 0 Å². The Morgan fingerprint density at radius 2 is 1.79 bits per heavy atom. The van der Waals surface area contributed by atoms with E-state index in [9.17, 15) is 9.59 Å². The van der Waals surface area contributed by atoms with E-state index >= 15 is 0 Å². The molecule has 0 aliphatic carbocycles. The zero-order valence-corrected chi connectivity index (χ0v) is 19.9. The molecule has 0 aromatic heterocycles. The summed E-state index contributed by atoms with van der Waals surface area (Å²) in [6, 6.07) is 15.6. The number of hydrogen-bond donors (Lipinski definition) is 0. The number of ether oxygens (including phenoxy) is 1. The lowest BCUT2D eigenvalue weighted by molar-refractivity contribution is -0.149. The van der Waals surface area contributed by atoms with Crippen LogP contribution in [-0.2, 0) is 14.3 Å². The van der Waals surface area contributed by atoms with Crippen molar-refractivity contribution in [1.82, 2.24) is 9.91 Å². The van der Waals surface area contributed by atoms with Gasteiger partial charge in [-0.1, -0.05) is 59.6 Å². The number of benzene rings is 2. The Kier molecular flexibility index (Phi) is 7.46. The third kappa shape index (κ3) is 5.45. The standard InChI is InChI=1S/C26H30ClN3O3/c1-3-33-26(32)20-12-14-29(15-13-20)17-25(31)30-24(21-6-4-5-7-22(21)27)16-23(28-30)19-10-8-18(2)9-11-19/h4-11,20,24H,3,12-17H2,1-2H3/t24-/m1/s1. The zero-order valence-electron chi connectivity index (χ0n) is 19.2. The zero-order chi connectivity index (χ0) is 23.4. The van der Waals surface area contributed by atoms with Crippen LogP contribution < -0.4 is 0 Å². The molecule has 4 rings (SSSR count). The van der Waals surface area contributed by atoms with Crippen molar-refractivity contribution in [3.05, 3.63) is 70.2 Å². The second kappa shape index (κ2) is 10.5. The Hall–Kier alpha value is -2.70. The number of rotatable bonds is 6. The Bertz CT molecular complexity index is 1030. The second-order valence-corrected chi connectivity index (χ2v) is 9.10. The van der Waals surface area contributed by atoms with Gasteiger partial charge >= 0.3 is 5.97 Å². The number of nitrogens with zero attached hydrogens (tertiary/aromatic N) is 3. The molecule has 2 aromatic rings. The fraction of sp³-hybridized carbons (Fsp3) is 0.423. The number of likely N-dealkylation sites (tertiary alicyclic amines) is 1. The van der Waals surface area contributed by atoms with Gasteiger partial charge in [-0.05, 0) is 57.0 Å². The van der Waals surface area contributed by atoms with E-state index in [-0.39, 0.29) is 30.4 Å². The van der Waals surface area contributed by atoms with E-state index in [4.69, 9.17) is 21.4 Å². The highest BCUT2D eigenvalue weighted by molar-refractivity contribution is 6.31. The van der Waals surface area contributed by atoms with Crippen molar-refractivity contribution in [2.75, 3.05) is 26.2 Å². The normalized spacial score (nSPS) is 19.4. The summed E-state index contributed by atoms with van der Waals surface area (Å²) in [5, 5.41) is 7.00. The fourth-order valence-corrected chi connectivity index (χ4v) is 4.76. The largest absolute Gasteiger partial charge is 0.466 e. The smallest absolute Gasteiger partial charge is 0.309 e. The first-order valence-corrected chi connectivity index (χ1v) is 11.9. The highest BCUT2D eigenvalue weighted by Crippen LogP contribution is 2.36. The first-order valence-electron chi connectivity index (χ1n) is 11.6. The van der Waals surface area contributed by atoms with Gasteiger partial charge < -0.3 is 4.74 Å². The molecule has 0 spiro atoms. The molecule has 0 N–H and O–H groups in total. The molecule has 33 heavy (non-hydrogen) atoms. The minimum atomic E-state index is -0.237. The van der Waals surface area contributed by atoms with Gasteiger partial charge in [-0.25, -0.2) is 5.01 Å². The first kappa shape index (κ1) is 23.5. The average Bonchev–Trinajstić information content (AvgIpc) is 3.26. The van der Waals surface area contributed by atoms with Crippen molar-refractivity contribution >= 4 is 29.2 Å². The maximum Gasteiger partial charge on any atom is 0.309 e. The van der Waals surface area contributed by atoms with Gasteiger partial charge in [0.2, 0.25) is 0 Å². The van der Waals surface area contributed by atoms with Crippen LogP contribution in [-0.4, -0.2) is 53.7 Å². The summed E-state index contributed by atoms with van der Waals surface area (Å²) in [7, 11) is 0. The van der Waals surface area contributed by atoms with E-state index in [1.807, 2.05) is 50.2 Å². The van der Waals surface area contributed by atoms with Gasteiger partial charge in [-0.2, -0.15) is 5.10 Å². The minimum absolute atomic E-state index is 0.0587. The maximum atomic E-state index is 13.4. The predicted octanol–water partition coefficient (Wildman–Crippen LogP) is 4.60. The number of amides is 1. The molecule has 1 amide bonds. The van der Waals surface area contributed by atoms with E-state index < -0.39 is 0 Å². The lowest BCUT2D eigenvalue weighted by atomic mass is 9.96. The van der Waals surface area contributed by atoms with E-state index in [0.29, 0.717) is 44.0 Å². The molecule has 7 heteroatoms. The van der Waals surface area contributed by atoms with Gasteiger partial charge in [0.25, 0.3) is 5.91 Å². The molecule has 0 saturated carbocycles. The van der Waals surface area contributed by atoms with Crippen LogP contribution in [0.1, 0.15) is 48.9 Å². The van der Waals surface area contributed by atoms with Gasteiger partial charge in [0.1, 0.15) is 0 Å². The van der Waals surface area contributed by atoms with Crippen LogP contribution in [0.25, 0.3) is 0 Å². The summed E-state index contributed by atoms with van der Waals surface area (Å²) in [6.07, 6.45) is 2.03. The molecule has 2 heterocycles. The van der Waals surface area contributed by atoms with Gasteiger partial charge in [0, 0.05) is 11.4 Å². The van der Waals surface area contributed by atoms with E-state index in [1.54, 1.807) is 5.01 Å². The average molecular weight is 468 g/mol. The van der Waals surface area contributed by atoms with E-state index in [1.165, 1.54) is 5.56 Å². The molecule has 0 radical (unpaired) electrons. The van der Waals surface area contributed by atoms with Crippen molar-refractivity contribution in [1.29, 1.82) is 0 Å². The summed E-state index contributed by atoms with van der Waals surface area (Å²) in [5.74, 6) is -0.268. The number of hydrogen-bond acceptors (Lipinski definition) is 5. The van der Waals surface area contributed by atoms with Crippen LogP contribution in [0, 0.1) is 12.8 Å². The topological polar surface area (TPSA) is 62.2 Å². The third-order valence-electron chi connectivity index (χ3n) is 6.38. The SMILES string of the molecule is CCOC(=O)C1CCN(CC(=O)N2N=C(c3ccc(C)cc3)C[C@@H]2c2ccccc2Cl)CC1. The Morgan fingerprint density at radius 3 is 2.45 bits per heavy atom. The number of esters is 1. The fourth-order valence-electron chi connectivity index (χ4n) is 4.50. The van der Waals surface area contributed by atoms with Crippen LogP contribution >= 0.6 is 11.6 Å². The molecule has 0 unspecified atom stereocenters. The van der Waals surface area contributed by atoms with Crippen molar-refractivity contribution in [2.45, 2.75) is 39.2 Å². The number of halogens is 1. The van der Waals surface area contributed by atoms with Crippen LogP contribution in [0.5, 0.6) is 0 Å². The van der Waals surface area contributed by atoms with Crippen molar-refractivity contribution in [3.63, 3.8) is 0 Å². The van der Waals surface area contributed by atoms with Crippen LogP contribution in [0.3, 0.4) is 0 Å². The molecule has 1 atom stereocenters. The summed E-state index contributed by atoms with van der Waals surface area (Å²) in [4.78, 5) is 27.5. The first-order chi connectivity index (χ1) is 16.0. The lowest BCUT2D eigenvalue weighted by Gasteiger charge is -2.32. The van der Waals surface area contributed by atoms with Crippen LogP contribution in [0.15, 0.2) is 53.6 Å². The predicted molar refractivity (Wildman–Crippen MR) is 129 cm³/mol. The minimum Gasteiger partial charge on any atom is -0.466 e. The van der Waals surface area contributed by atoms with Crippen LogP contribution in [0.4, 0.5) is 0 Å². The number of aryl methyl sites for hydroxylation is 1. The molecule has 2 aliphatic rings. The second-order valence-electron chi connectivity index (χ2n) is 8.69. The molecule has 1 saturated heterocycles. The molecule has 0 bridgehead atoms. The maximum absolute atomic E-state index is 13.4. The summed E-state index contributed by atoms with van der Waals surface area (Å²) in [5.41, 5.74) is 3.98. The summed E-state index contributed by atoms with van der Waals surface area (Å²) in [6.45, 7) is 5.91. The van der Waals surface area contributed by atoms with Gasteiger partial charge in [0.05, 0.1) is 30.8 Å². The lowest BCUT2D eigenvalue weighted by Crippen LogP contribution is -2.43. The van der Waals surface area contributed by atoms with Crippen LogP contribution in [0.2, 0.25) is 5.02 Å². The molecular formula is C26H30ClN3O3. The number of carbonyl (C=O) groups excluding carboxylic acids is 2. The quantitative estimate of drug-likeness (QED) is 0.582. The molecule has 1 fully saturated rings. The van der Waals surface area contributed by atoms with Gasteiger partial charge in [-0.15, -0.1) is 0 Å². The molecular weight excluding hydrogens is 438 g/mol. The molecule has 2 aliphatic heterocycles. The number of carbonyl (C=O) groups is 2. The molecule has 2 aromatic carbocycles. The highest BCUT2D eigenvalue weighted by Gasteiger charge is 2.35. The Labute approximate surface area is 200 Å². The van der Waals surface area contributed by atoms with E-state index in [0.717, 1.165) is 16.8 Å². The van der Waals surface area contributed by atoms with Crippen molar-refractivity contribution < 1.29 is 14.3 Å².